The lowest BCUT2D eigenvalue weighted by Crippen LogP contribution is -2.58. The van der Waals surface area contributed by atoms with Gasteiger partial charge in [-0.3, -0.25) is 14.5 Å². The molecule has 0 bridgehead atoms. The zero-order valence-corrected chi connectivity index (χ0v) is 23.1. The van der Waals surface area contributed by atoms with E-state index >= 15 is 0 Å². The Hall–Kier alpha value is -2.70. The van der Waals surface area contributed by atoms with Crippen LogP contribution in [-0.4, -0.2) is 115 Å². The molecule has 2 amide bonds. The van der Waals surface area contributed by atoms with E-state index in [1.54, 1.807) is 23.1 Å². The molecule has 0 spiro atoms. The van der Waals surface area contributed by atoms with Crippen molar-refractivity contribution in [2.75, 3.05) is 59.7 Å². The van der Waals surface area contributed by atoms with Gasteiger partial charge < -0.3 is 39.7 Å². The van der Waals surface area contributed by atoms with Crippen molar-refractivity contribution in [1.82, 2.24) is 15.1 Å². The topological polar surface area (TPSA) is 141 Å². The Labute approximate surface area is 234 Å². The van der Waals surface area contributed by atoms with E-state index in [1.165, 1.54) is 7.11 Å². The van der Waals surface area contributed by atoms with Crippen molar-refractivity contribution in [1.29, 1.82) is 0 Å². The molecule has 4 atom stereocenters. The molecule has 0 radical (unpaired) electrons. The number of aliphatic hydroxyl groups excluding tert-OH is 3. The maximum Gasteiger partial charge on any atom is 0.247 e. The Balaban J connectivity index is 1.52. The lowest BCUT2D eigenvalue weighted by Gasteiger charge is -2.42. The predicted molar refractivity (Wildman–Crippen MR) is 145 cm³/mol. The van der Waals surface area contributed by atoms with Crippen LogP contribution < -0.4 is 14.8 Å². The van der Waals surface area contributed by atoms with E-state index in [4.69, 9.17) is 14.2 Å². The Morgan fingerprint density at radius 2 is 1.93 bits per heavy atom. The third-order valence-corrected chi connectivity index (χ3v) is 8.60. The number of fused-ring (bicyclic) bond motifs is 3. The maximum atomic E-state index is 13.9. The van der Waals surface area contributed by atoms with Gasteiger partial charge in [-0.1, -0.05) is 12.8 Å². The Morgan fingerprint density at radius 1 is 1.18 bits per heavy atom. The molecule has 4 N–H and O–H groups in total. The minimum absolute atomic E-state index is 0.00437. The average molecular weight is 560 g/mol. The quantitative estimate of drug-likeness (QED) is 0.316. The number of nitrogens with zero attached hydrogens (tertiary/aromatic N) is 2. The van der Waals surface area contributed by atoms with Crippen molar-refractivity contribution < 1.29 is 39.1 Å². The summed E-state index contributed by atoms with van der Waals surface area (Å²) in [6.45, 7) is 3.49. The second-order valence-electron chi connectivity index (χ2n) is 11.0. The van der Waals surface area contributed by atoms with E-state index in [-0.39, 0.29) is 31.6 Å². The molecule has 11 nitrogen and oxygen atoms in total. The van der Waals surface area contributed by atoms with Crippen LogP contribution in [0.4, 0.5) is 0 Å². The van der Waals surface area contributed by atoms with Crippen molar-refractivity contribution in [2.45, 2.75) is 56.5 Å². The summed E-state index contributed by atoms with van der Waals surface area (Å²) < 4.78 is 17.3. The highest BCUT2D eigenvalue weighted by Gasteiger charge is 2.52. The number of methoxy groups -OCH3 is 1. The van der Waals surface area contributed by atoms with Gasteiger partial charge in [-0.05, 0) is 36.6 Å². The van der Waals surface area contributed by atoms with Crippen LogP contribution >= 0.6 is 0 Å². The highest BCUT2D eigenvalue weighted by Crippen LogP contribution is 2.51. The molecule has 2 aliphatic heterocycles. The van der Waals surface area contributed by atoms with Crippen LogP contribution in [0.5, 0.6) is 11.5 Å². The smallest absolute Gasteiger partial charge is 0.247 e. The van der Waals surface area contributed by atoms with Gasteiger partial charge >= 0.3 is 0 Å². The molecule has 2 aliphatic carbocycles. The van der Waals surface area contributed by atoms with Crippen molar-refractivity contribution in [3.8, 4) is 11.5 Å². The number of amides is 2. The molecule has 40 heavy (non-hydrogen) atoms. The van der Waals surface area contributed by atoms with Crippen LogP contribution in [0.15, 0.2) is 23.8 Å². The number of carbonyl (C=O) groups is 2. The van der Waals surface area contributed by atoms with Crippen molar-refractivity contribution in [2.24, 2.45) is 5.92 Å². The second-order valence-corrected chi connectivity index (χ2v) is 11.0. The Bertz CT molecular complexity index is 1100. The monoisotopic (exact) mass is 559 g/mol. The van der Waals surface area contributed by atoms with Gasteiger partial charge in [0.1, 0.15) is 12.2 Å². The van der Waals surface area contributed by atoms with Gasteiger partial charge in [0.25, 0.3) is 0 Å². The molecule has 2 heterocycles. The summed E-state index contributed by atoms with van der Waals surface area (Å²) in [6.07, 6.45) is 3.40. The molecule has 4 aliphatic rings. The van der Waals surface area contributed by atoms with Crippen LogP contribution in [0.2, 0.25) is 0 Å². The molecule has 1 saturated carbocycles. The summed E-state index contributed by atoms with van der Waals surface area (Å²) in [6, 6.07) is 2.67. The molecule has 1 aromatic rings. The van der Waals surface area contributed by atoms with E-state index < -0.39 is 30.1 Å². The number of rotatable bonds is 10. The summed E-state index contributed by atoms with van der Waals surface area (Å²) >= 11 is 0. The van der Waals surface area contributed by atoms with E-state index in [2.05, 4.69) is 10.2 Å². The number of morpholine rings is 1. The van der Waals surface area contributed by atoms with Crippen LogP contribution in [0.3, 0.4) is 0 Å². The molecule has 2 fully saturated rings. The summed E-state index contributed by atoms with van der Waals surface area (Å²) in [5.41, 5.74) is 1.59. The summed E-state index contributed by atoms with van der Waals surface area (Å²) in [5, 5.41) is 33.8. The standard InChI is InChI=1S/C29H41N3O8/c1-38-23-15-18(17-34)14-20-24-21(28(36)30-6-11-33)16-22(25(35)27(24)40-26(20)23)32(29(37)19-4-2-3-5-19)8-7-31-9-12-39-13-10-31/h14-16,19,22,24-25,27,33-35H,2-13,17H2,1H3,(H,30,36). The van der Waals surface area contributed by atoms with E-state index in [9.17, 15) is 24.9 Å². The molecule has 1 saturated heterocycles. The third kappa shape index (κ3) is 5.71. The first-order valence-electron chi connectivity index (χ1n) is 14.3. The molecule has 5 rings (SSSR count). The van der Waals surface area contributed by atoms with Crippen LogP contribution in [-0.2, 0) is 20.9 Å². The first kappa shape index (κ1) is 28.8. The number of benzene rings is 1. The van der Waals surface area contributed by atoms with E-state index in [0.29, 0.717) is 54.5 Å². The Morgan fingerprint density at radius 3 is 2.60 bits per heavy atom. The summed E-state index contributed by atoms with van der Waals surface area (Å²) in [7, 11) is 1.50. The van der Waals surface area contributed by atoms with Crippen molar-refractivity contribution in [3.05, 3.63) is 34.9 Å². The van der Waals surface area contributed by atoms with Crippen molar-refractivity contribution >= 4 is 11.8 Å². The number of carbonyl (C=O) groups excluding carboxylic acids is 2. The van der Waals surface area contributed by atoms with Crippen LogP contribution in [0.1, 0.15) is 42.7 Å². The fourth-order valence-electron chi connectivity index (χ4n) is 6.51. The van der Waals surface area contributed by atoms with Gasteiger partial charge in [0.15, 0.2) is 11.5 Å². The summed E-state index contributed by atoms with van der Waals surface area (Å²) in [5.74, 6) is -0.327. The third-order valence-electron chi connectivity index (χ3n) is 8.60. The average Bonchev–Trinajstić information content (AvgIpc) is 3.66. The van der Waals surface area contributed by atoms with E-state index in [1.807, 2.05) is 0 Å². The molecular weight excluding hydrogens is 518 g/mol. The van der Waals surface area contributed by atoms with Gasteiger partial charge in [-0.2, -0.15) is 0 Å². The minimum Gasteiger partial charge on any atom is -0.493 e. The van der Waals surface area contributed by atoms with Crippen LogP contribution in [0.25, 0.3) is 0 Å². The Kier molecular flexibility index (Phi) is 9.27. The summed E-state index contributed by atoms with van der Waals surface area (Å²) in [4.78, 5) is 31.4. The van der Waals surface area contributed by atoms with Gasteiger partial charge in [0, 0.05) is 49.8 Å². The molecule has 220 valence electrons. The molecule has 11 heteroatoms. The van der Waals surface area contributed by atoms with Crippen LogP contribution in [0, 0.1) is 5.92 Å². The first-order chi connectivity index (χ1) is 19.5. The van der Waals surface area contributed by atoms with Crippen molar-refractivity contribution in [3.63, 3.8) is 0 Å². The van der Waals surface area contributed by atoms with E-state index in [0.717, 1.165) is 38.8 Å². The lowest BCUT2D eigenvalue weighted by atomic mass is 9.77. The lowest BCUT2D eigenvalue weighted by molar-refractivity contribution is -0.141. The number of nitrogens with one attached hydrogen (secondary N) is 1. The zero-order valence-electron chi connectivity index (χ0n) is 23.1. The molecule has 0 aromatic heterocycles. The van der Waals surface area contributed by atoms with Gasteiger partial charge in [-0.15, -0.1) is 0 Å². The molecule has 1 aromatic carbocycles. The SMILES string of the molecule is COc1cc(CO)cc2c1OC1C2C(C(=O)NCCO)=CC(N(CCN2CCOCC2)C(=O)C2CCCC2)C1O. The maximum absolute atomic E-state index is 13.9. The number of hydrogen-bond acceptors (Lipinski definition) is 9. The fourth-order valence-corrected chi connectivity index (χ4v) is 6.51. The number of ether oxygens (including phenoxy) is 3. The largest absolute Gasteiger partial charge is 0.493 e. The van der Waals surface area contributed by atoms with Gasteiger partial charge in [0.05, 0.1) is 45.5 Å². The molecule has 4 unspecified atom stereocenters. The second kappa shape index (κ2) is 12.9. The highest BCUT2D eigenvalue weighted by atomic mass is 16.5. The number of hydrogen-bond donors (Lipinski definition) is 4. The minimum atomic E-state index is -1.11. The van der Waals surface area contributed by atoms with Gasteiger partial charge in [-0.25, -0.2) is 0 Å². The zero-order chi connectivity index (χ0) is 28.2. The fraction of sp³-hybridized carbons (Fsp3) is 0.655. The highest BCUT2D eigenvalue weighted by molar-refractivity contribution is 5.96. The normalized spacial score (nSPS) is 26.4. The molecular formula is C29H41N3O8. The predicted octanol–water partition coefficient (Wildman–Crippen LogP) is 0.161. The first-order valence-corrected chi connectivity index (χ1v) is 14.3. The van der Waals surface area contributed by atoms with Gasteiger partial charge in [0.2, 0.25) is 11.8 Å². The number of aliphatic hydroxyl groups is 3.